The van der Waals surface area contributed by atoms with Gasteiger partial charge in [-0.15, -0.1) is 0 Å². The fourth-order valence-electron chi connectivity index (χ4n) is 2.16. The molecule has 0 aromatic carbocycles. The third kappa shape index (κ3) is 2.59. The molecule has 1 aliphatic heterocycles. The molecule has 0 radical (unpaired) electrons. The number of rotatable bonds is 5. The topological polar surface area (TPSA) is 62.4 Å². The van der Waals surface area contributed by atoms with E-state index < -0.39 is 0 Å². The molecule has 1 N–H and O–H groups in total. The van der Waals surface area contributed by atoms with Gasteiger partial charge in [-0.05, 0) is 25.8 Å². The third-order valence-corrected chi connectivity index (χ3v) is 3.03. The van der Waals surface area contributed by atoms with Gasteiger partial charge in [0.15, 0.2) is 5.82 Å². The zero-order valence-corrected chi connectivity index (χ0v) is 9.72. The fourth-order valence-corrected chi connectivity index (χ4v) is 2.16. The van der Waals surface area contributed by atoms with Gasteiger partial charge in [0.2, 0.25) is 5.89 Å². The van der Waals surface area contributed by atoms with Crippen LogP contribution in [0, 0.1) is 0 Å². The van der Waals surface area contributed by atoms with E-state index in [1.165, 1.54) is 0 Å². The molecule has 0 saturated carbocycles. The quantitative estimate of drug-likeness (QED) is 0.809. The Kier molecular flexibility index (Phi) is 3.90. The maximum atomic E-state index is 9.20. The van der Waals surface area contributed by atoms with E-state index in [-0.39, 0.29) is 12.6 Å². The van der Waals surface area contributed by atoms with Crippen molar-refractivity contribution in [2.75, 3.05) is 13.2 Å². The summed E-state index contributed by atoms with van der Waals surface area (Å²) in [5.41, 5.74) is 0. The normalized spacial score (nSPS) is 21.8. The highest BCUT2D eigenvalue weighted by molar-refractivity contribution is 4.89. The average molecular weight is 225 g/mol. The molecule has 1 fully saturated rings. The average Bonchev–Trinajstić information content (AvgIpc) is 2.89. The highest BCUT2D eigenvalue weighted by atomic mass is 16.5. The fraction of sp³-hybridized carbons (Fsp3) is 0.818. The summed E-state index contributed by atoms with van der Waals surface area (Å²) >= 11 is 0. The van der Waals surface area contributed by atoms with Gasteiger partial charge in [0.25, 0.3) is 0 Å². The standard InChI is InChI=1S/C11H19N3O2/c1-2-4-11-12-10(13-16-11)7-14-6-3-5-9(14)8-15/h9,15H,2-8H2,1H3. The van der Waals surface area contributed by atoms with Crippen LogP contribution in [0.3, 0.4) is 0 Å². The van der Waals surface area contributed by atoms with Crippen molar-refractivity contribution in [1.29, 1.82) is 0 Å². The monoisotopic (exact) mass is 225 g/mol. The zero-order chi connectivity index (χ0) is 11.4. The summed E-state index contributed by atoms with van der Waals surface area (Å²) in [6.45, 7) is 4.02. The summed E-state index contributed by atoms with van der Waals surface area (Å²) in [6.07, 6.45) is 4.07. The van der Waals surface area contributed by atoms with Crippen LogP contribution < -0.4 is 0 Å². The molecule has 1 aromatic heterocycles. The molecule has 16 heavy (non-hydrogen) atoms. The predicted molar refractivity (Wildman–Crippen MR) is 58.8 cm³/mol. The lowest BCUT2D eigenvalue weighted by atomic mass is 10.2. The maximum absolute atomic E-state index is 9.20. The molecule has 2 rings (SSSR count). The largest absolute Gasteiger partial charge is 0.395 e. The smallest absolute Gasteiger partial charge is 0.226 e. The molecule has 2 heterocycles. The number of aliphatic hydroxyl groups excluding tert-OH is 1. The molecule has 0 bridgehead atoms. The number of nitrogens with zero attached hydrogens (tertiary/aromatic N) is 3. The number of hydrogen-bond donors (Lipinski definition) is 1. The lowest BCUT2D eigenvalue weighted by molar-refractivity contribution is 0.150. The van der Waals surface area contributed by atoms with Crippen molar-refractivity contribution in [3.8, 4) is 0 Å². The van der Waals surface area contributed by atoms with Crippen molar-refractivity contribution >= 4 is 0 Å². The van der Waals surface area contributed by atoms with E-state index in [1.54, 1.807) is 0 Å². The first kappa shape index (κ1) is 11.5. The molecular formula is C11H19N3O2. The first-order valence-corrected chi connectivity index (χ1v) is 6.00. The maximum Gasteiger partial charge on any atom is 0.226 e. The van der Waals surface area contributed by atoms with Crippen LogP contribution in [0.4, 0.5) is 0 Å². The molecule has 1 atom stereocenters. The Balaban J connectivity index is 1.92. The molecular weight excluding hydrogens is 206 g/mol. The van der Waals surface area contributed by atoms with Crippen LogP contribution in [0.1, 0.15) is 37.9 Å². The molecule has 0 aliphatic carbocycles. The van der Waals surface area contributed by atoms with Crippen LogP contribution in [-0.2, 0) is 13.0 Å². The number of hydrogen-bond acceptors (Lipinski definition) is 5. The van der Waals surface area contributed by atoms with E-state index in [0.717, 1.165) is 43.9 Å². The van der Waals surface area contributed by atoms with Crippen LogP contribution in [-0.4, -0.2) is 39.3 Å². The highest BCUT2D eigenvalue weighted by Crippen LogP contribution is 2.18. The van der Waals surface area contributed by atoms with Crippen LogP contribution in [0.2, 0.25) is 0 Å². The molecule has 1 unspecified atom stereocenters. The summed E-state index contributed by atoms with van der Waals surface area (Å²) in [4.78, 5) is 6.55. The van der Waals surface area contributed by atoms with Crippen molar-refractivity contribution in [2.45, 2.75) is 45.2 Å². The Morgan fingerprint density at radius 1 is 1.56 bits per heavy atom. The Morgan fingerprint density at radius 3 is 3.19 bits per heavy atom. The molecule has 1 aromatic rings. The molecule has 0 spiro atoms. The number of likely N-dealkylation sites (tertiary alicyclic amines) is 1. The van der Waals surface area contributed by atoms with E-state index in [2.05, 4.69) is 22.0 Å². The van der Waals surface area contributed by atoms with Gasteiger partial charge in [0.1, 0.15) is 0 Å². The van der Waals surface area contributed by atoms with Gasteiger partial charge in [-0.3, -0.25) is 4.90 Å². The van der Waals surface area contributed by atoms with Crippen LogP contribution >= 0.6 is 0 Å². The van der Waals surface area contributed by atoms with Gasteiger partial charge in [0.05, 0.1) is 13.2 Å². The Bertz CT molecular complexity index is 327. The molecule has 5 heteroatoms. The van der Waals surface area contributed by atoms with Crippen molar-refractivity contribution in [1.82, 2.24) is 15.0 Å². The molecule has 5 nitrogen and oxygen atoms in total. The number of aryl methyl sites for hydroxylation is 1. The van der Waals surface area contributed by atoms with Crippen molar-refractivity contribution < 1.29 is 9.63 Å². The second-order valence-electron chi connectivity index (χ2n) is 4.30. The zero-order valence-electron chi connectivity index (χ0n) is 9.72. The number of aromatic nitrogens is 2. The van der Waals surface area contributed by atoms with E-state index in [4.69, 9.17) is 4.52 Å². The Labute approximate surface area is 95.4 Å². The predicted octanol–water partition coefficient (Wildman–Crippen LogP) is 0.979. The Morgan fingerprint density at radius 2 is 2.44 bits per heavy atom. The Hall–Kier alpha value is -0.940. The molecule has 0 amide bonds. The summed E-state index contributed by atoms with van der Waals surface area (Å²) < 4.78 is 5.13. The van der Waals surface area contributed by atoms with Crippen LogP contribution in [0.25, 0.3) is 0 Å². The summed E-state index contributed by atoms with van der Waals surface area (Å²) in [7, 11) is 0. The van der Waals surface area contributed by atoms with Gasteiger partial charge in [-0.2, -0.15) is 4.98 Å². The molecule has 1 aliphatic rings. The minimum absolute atomic E-state index is 0.222. The summed E-state index contributed by atoms with van der Waals surface area (Å²) in [5, 5.41) is 13.2. The number of aliphatic hydroxyl groups is 1. The lowest BCUT2D eigenvalue weighted by Gasteiger charge is -2.20. The van der Waals surface area contributed by atoms with Gasteiger partial charge < -0.3 is 9.63 Å². The van der Waals surface area contributed by atoms with E-state index in [0.29, 0.717) is 6.54 Å². The highest BCUT2D eigenvalue weighted by Gasteiger charge is 2.24. The minimum atomic E-state index is 0.222. The lowest BCUT2D eigenvalue weighted by Crippen LogP contribution is -2.31. The summed E-state index contributed by atoms with van der Waals surface area (Å²) in [6, 6.07) is 0.271. The molecule has 1 saturated heterocycles. The van der Waals surface area contributed by atoms with E-state index in [1.807, 2.05) is 0 Å². The van der Waals surface area contributed by atoms with E-state index >= 15 is 0 Å². The van der Waals surface area contributed by atoms with Crippen molar-refractivity contribution in [2.24, 2.45) is 0 Å². The second kappa shape index (κ2) is 5.41. The van der Waals surface area contributed by atoms with Gasteiger partial charge >= 0.3 is 0 Å². The summed E-state index contributed by atoms with van der Waals surface area (Å²) in [5.74, 6) is 1.46. The van der Waals surface area contributed by atoms with Crippen LogP contribution in [0.15, 0.2) is 4.52 Å². The minimum Gasteiger partial charge on any atom is -0.395 e. The van der Waals surface area contributed by atoms with Crippen LogP contribution in [0.5, 0.6) is 0 Å². The van der Waals surface area contributed by atoms with Gasteiger partial charge in [0, 0.05) is 12.5 Å². The SMILES string of the molecule is CCCc1nc(CN2CCCC2CO)no1. The second-order valence-corrected chi connectivity index (χ2v) is 4.30. The first-order valence-electron chi connectivity index (χ1n) is 6.00. The third-order valence-electron chi connectivity index (χ3n) is 3.03. The van der Waals surface area contributed by atoms with Gasteiger partial charge in [-0.25, -0.2) is 0 Å². The van der Waals surface area contributed by atoms with Crippen molar-refractivity contribution in [3.05, 3.63) is 11.7 Å². The first-order chi connectivity index (χ1) is 7.83. The molecule has 90 valence electrons. The van der Waals surface area contributed by atoms with E-state index in [9.17, 15) is 5.11 Å². The van der Waals surface area contributed by atoms with Crippen molar-refractivity contribution in [3.63, 3.8) is 0 Å². The van der Waals surface area contributed by atoms with Gasteiger partial charge in [-0.1, -0.05) is 12.1 Å².